The van der Waals surface area contributed by atoms with E-state index in [0.717, 1.165) is 22.8 Å². The second-order valence-electron chi connectivity index (χ2n) is 7.30. The number of aromatic amines is 1. The van der Waals surface area contributed by atoms with E-state index in [2.05, 4.69) is 25.0 Å². The van der Waals surface area contributed by atoms with Gasteiger partial charge in [0.05, 0.1) is 24.1 Å². The maximum absolute atomic E-state index is 12.7. The largest absolute Gasteiger partial charge is 0.467 e. The molecule has 0 fully saturated rings. The molecule has 0 saturated heterocycles. The highest BCUT2D eigenvalue weighted by Crippen LogP contribution is 2.27. The van der Waals surface area contributed by atoms with Crippen molar-refractivity contribution in [2.24, 2.45) is 5.92 Å². The Balaban J connectivity index is 1.60. The number of amides is 1. The molecule has 2 N–H and O–H groups in total. The molecule has 0 spiro atoms. The molecule has 3 atom stereocenters. The van der Waals surface area contributed by atoms with Crippen molar-refractivity contribution in [2.75, 3.05) is 6.61 Å². The number of alkyl halides is 3. The van der Waals surface area contributed by atoms with Crippen molar-refractivity contribution in [3.63, 3.8) is 0 Å². The van der Waals surface area contributed by atoms with E-state index in [0.29, 0.717) is 5.69 Å². The van der Waals surface area contributed by atoms with Crippen LogP contribution in [0.2, 0.25) is 0 Å². The number of nitrogens with zero attached hydrogens (tertiary/aromatic N) is 2. The summed E-state index contributed by atoms with van der Waals surface area (Å²) < 4.78 is 41.1. The molecule has 9 heteroatoms. The predicted molar refractivity (Wildman–Crippen MR) is 106 cm³/mol. The van der Waals surface area contributed by atoms with Gasteiger partial charge in [0.1, 0.15) is 0 Å². The number of halogens is 3. The first-order chi connectivity index (χ1) is 14.1. The lowest BCUT2D eigenvalue weighted by molar-refractivity contribution is -0.154. The minimum atomic E-state index is -4.45. The topological polar surface area (TPSA) is 79.9 Å². The molecule has 0 unspecified atom stereocenters. The van der Waals surface area contributed by atoms with Gasteiger partial charge in [0, 0.05) is 23.0 Å². The molecule has 0 radical (unpaired) electrons. The standard InChI is InChI=1S/C21H23F3N4O2/c1-12(17-8-15-6-4-5-7-16(15)28-17)13(2)20(29)27-14(3)18-9-26-19(10-25-18)30-11-21(22,23)24/h4-10,12-14,28H,11H2,1-3H3,(H,27,29)/t12-,13-,14-/m1/s1. The molecular formula is C21H23F3N4O2. The Morgan fingerprint density at radius 3 is 2.53 bits per heavy atom. The smallest absolute Gasteiger partial charge is 0.422 e. The quantitative estimate of drug-likeness (QED) is 0.589. The molecule has 3 rings (SSSR count). The van der Waals surface area contributed by atoms with Crippen molar-refractivity contribution >= 4 is 16.8 Å². The molecule has 6 nitrogen and oxygen atoms in total. The number of rotatable bonds is 7. The molecule has 2 aromatic heterocycles. The van der Waals surface area contributed by atoms with Crippen LogP contribution in [0.5, 0.6) is 5.88 Å². The van der Waals surface area contributed by atoms with Crippen molar-refractivity contribution in [3.8, 4) is 5.88 Å². The zero-order valence-corrected chi connectivity index (χ0v) is 16.8. The van der Waals surface area contributed by atoms with Crippen LogP contribution < -0.4 is 10.1 Å². The first-order valence-corrected chi connectivity index (χ1v) is 9.53. The Bertz CT molecular complexity index is 968. The zero-order chi connectivity index (χ0) is 21.9. The molecular weight excluding hydrogens is 397 g/mol. The van der Waals surface area contributed by atoms with Crippen molar-refractivity contribution in [1.82, 2.24) is 20.3 Å². The molecule has 160 valence electrons. The lowest BCUT2D eigenvalue weighted by atomic mass is 9.91. The molecule has 1 aromatic carbocycles. The number of para-hydroxylation sites is 1. The molecule has 0 aliphatic carbocycles. The summed E-state index contributed by atoms with van der Waals surface area (Å²) >= 11 is 0. The van der Waals surface area contributed by atoms with Gasteiger partial charge in [0.25, 0.3) is 0 Å². The van der Waals surface area contributed by atoms with Crippen LogP contribution in [0, 0.1) is 5.92 Å². The highest BCUT2D eigenvalue weighted by molar-refractivity contribution is 5.82. The van der Waals surface area contributed by atoms with Gasteiger partial charge in [-0.15, -0.1) is 0 Å². The predicted octanol–water partition coefficient (Wildman–Crippen LogP) is 4.52. The molecule has 0 aliphatic heterocycles. The third kappa shape index (κ3) is 5.28. The van der Waals surface area contributed by atoms with E-state index in [1.165, 1.54) is 6.20 Å². The van der Waals surface area contributed by atoms with Gasteiger partial charge in [0.15, 0.2) is 6.61 Å². The molecule has 0 saturated carbocycles. The first kappa shape index (κ1) is 21.6. The summed E-state index contributed by atoms with van der Waals surface area (Å²) in [5.74, 6) is -0.750. The Morgan fingerprint density at radius 2 is 1.90 bits per heavy atom. The average Bonchev–Trinajstić information content (AvgIpc) is 3.15. The fraction of sp³-hybridized carbons (Fsp3) is 0.381. The third-order valence-electron chi connectivity index (χ3n) is 5.04. The summed E-state index contributed by atoms with van der Waals surface area (Å²) in [6.07, 6.45) is -2.04. The van der Waals surface area contributed by atoms with Crippen LogP contribution in [0.1, 0.15) is 44.1 Å². The van der Waals surface area contributed by atoms with Gasteiger partial charge < -0.3 is 15.0 Å². The molecule has 0 aliphatic rings. The van der Waals surface area contributed by atoms with Gasteiger partial charge in [-0.1, -0.05) is 32.0 Å². The number of carbonyl (C=O) groups excluding carboxylic acids is 1. The highest BCUT2D eigenvalue weighted by atomic mass is 19.4. The van der Waals surface area contributed by atoms with E-state index in [1.54, 1.807) is 6.92 Å². The second-order valence-corrected chi connectivity index (χ2v) is 7.30. The van der Waals surface area contributed by atoms with Crippen molar-refractivity contribution in [1.29, 1.82) is 0 Å². The van der Waals surface area contributed by atoms with Gasteiger partial charge in [-0.25, -0.2) is 4.98 Å². The van der Waals surface area contributed by atoms with Crippen LogP contribution in [0.4, 0.5) is 13.2 Å². The van der Waals surface area contributed by atoms with Crippen molar-refractivity contribution in [2.45, 2.75) is 38.9 Å². The molecule has 1 amide bonds. The monoisotopic (exact) mass is 420 g/mol. The van der Waals surface area contributed by atoms with Crippen LogP contribution in [0.3, 0.4) is 0 Å². The Hall–Kier alpha value is -3.10. The molecule has 2 heterocycles. The van der Waals surface area contributed by atoms with E-state index in [-0.39, 0.29) is 23.6 Å². The summed E-state index contributed by atoms with van der Waals surface area (Å²) in [5.41, 5.74) is 2.41. The van der Waals surface area contributed by atoms with Gasteiger partial charge >= 0.3 is 6.18 Å². The Morgan fingerprint density at radius 1 is 1.17 bits per heavy atom. The van der Waals surface area contributed by atoms with E-state index in [9.17, 15) is 18.0 Å². The summed E-state index contributed by atoms with van der Waals surface area (Å²) in [6, 6.07) is 9.49. The maximum atomic E-state index is 12.7. The van der Waals surface area contributed by atoms with Crippen LogP contribution in [-0.4, -0.2) is 33.6 Å². The van der Waals surface area contributed by atoms with E-state index >= 15 is 0 Å². The van der Waals surface area contributed by atoms with Crippen molar-refractivity contribution < 1.29 is 22.7 Å². The average molecular weight is 420 g/mol. The fourth-order valence-electron chi connectivity index (χ4n) is 3.04. The van der Waals surface area contributed by atoms with Crippen LogP contribution in [0.25, 0.3) is 10.9 Å². The lowest BCUT2D eigenvalue weighted by Crippen LogP contribution is -2.34. The van der Waals surface area contributed by atoms with Crippen molar-refractivity contribution in [3.05, 3.63) is 54.1 Å². The normalized spacial score (nSPS) is 14.9. The molecule has 0 bridgehead atoms. The molecule has 3 aromatic rings. The van der Waals surface area contributed by atoms with Gasteiger partial charge in [-0.3, -0.25) is 9.78 Å². The van der Waals surface area contributed by atoms with E-state index in [4.69, 9.17) is 0 Å². The second kappa shape index (κ2) is 8.73. The maximum Gasteiger partial charge on any atom is 0.422 e. The lowest BCUT2D eigenvalue weighted by Gasteiger charge is -2.21. The van der Waals surface area contributed by atoms with E-state index in [1.807, 2.05) is 44.2 Å². The summed E-state index contributed by atoms with van der Waals surface area (Å²) in [7, 11) is 0. The van der Waals surface area contributed by atoms with Crippen LogP contribution in [0.15, 0.2) is 42.7 Å². The SMILES string of the molecule is C[C@@H](NC(=O)[C@H](C)[C@@H](C)c1cc2ccccc2[nH]1)c1cnc(OCC(F)(F)F)cn1. The minimum Gasteiger partial charge on any atom is -0.467 e. The number of hydrogen-bond donors (Lipinski definition) is 2. The molecule has 30 heavy (non-hydrogen) atoms. The number of aromatic nitrogens is 3. The highest BCUT2D eigenvalue weighted by Gasteiger charge is 2.29. The number of fused-ring (bicyclic) bond motifs is 1. The van der Waals surface area contributed by atoms with Crippen LogP contribution >= 0.6 is 0 Å². The fourth-order valence-corrected chi connectivity index (χ4v) is 3.04. The Labute approximate surface area is 171 Å². The summed E-state index contributed by atoms with van der Waals surface area (Å²) in [6.45, 7) is 4.12. The number of H-pyrrole nitrogens is 1. The summed E-state index contributed by atoms with van der Waals surface area (Å²) in [5, 5.41) is 3.97. The van der Waals surface area contributed by atoms with E-state index < -0.39 is 18.8 Å². The van der Waals surface area contributed by atoms with Gasteiger partial charge in [-0.2, -0.15) is 13.2 Å². The Kier molecular flexibility index (Phi) is 6.28. The number of hydrogen-bond acceptors (Lipinski definition) is 4. The first-order valence-electron chi connectivity index (χ1n) is 9.53. The minimum absolute atomic E-state index is 0.0474. The summed E-state index contributed by atoms with van der Waals surface area (Å²) in [4.78, 5) is 23.9. The number of benzene rings is 1. The van der Waals surface area contributed by atoms with Gasteiger partial charge in [0.2, 0.25) is 11.8 Å². The number of nitrogens with one attached hydrogen (secondary N) is 2. The van der Waals surface area contributed by atoms with Gasteiger partial charge in [-0.05, 0) is 24.4 Å². The third-order valence-corrected chi connectivity index (χ3v) is 5.04. The number of carbonyl (C=O) groups is 1. The van der Waals surface area contributed by atoms with Crippen LogP contribution in [-0.2, 0) is 4.79 Å². The zero-order valence-electron chi connectivity index (χ0n) is 16.8. The number of ether oxygens (including phenoxy) is 1.